The summed E-state index contributed by atoms with van der Waals surface area (Å²) in [6, 6.07) is 11.1. The minimum atomic E-state index is -1.10. The molecular formula is C20H19Cl2N3O2. The first-order valence-electron chi connectivity index (χ1n) is 8.56. The molecule has 0 aliphatic carbocycles. The van der Waals surface area contributed by atoms with Gasteiger partial charge in [0.15, 0.2) is 11.5 Å². The van der Waals surface area contributed by atoms with E-state index in [-0.39, 0.29) is 11.9 Å². The van der Waals surface area contributed by atoms with Gasteiger partial charge >= 0.3 is 0 Å². The van der Waals surface area contributed by atoms with Gasteiger partial charge in [0.05, 0.1) is 10.0 Å². The van der Waals surface area contributed by atoms with Crippen molar-refractivity contribution in [2.75, 3.05) is 7.05 Å². The fourth-order valence-electron chi connectivity index (χ4n) is 3.87. The third kappa shape index (κ3) is 2.68. The lowest BCUT2D eigenvalue weighted by atomic mass is 9.77. The number of rotatable bonds is 1. The van der Waals surface area contributed by atoms with Crippen LogP contribution >= 0.6 is 23.2 Å². The van der Waals surface area contributed by atoms with Crippen molar-refractivity contribution >= 4 is 35.1 Å². The van der Waals surface area contributed by atoms with Gasteiger partial charge in [-0.3, -0.25) is 9.69 Å². The van der Waals surface area contributed by atoms with Crippen molar-refractivity contribution in [2.45, 2.75) is 31.4 Å². The SMILES string of the molecule is CN1C(=O)C2(CC(C)(C)Oc3ccc(-c4cccc(Cl)c4Cl)cc32)N=C1N. The van der Waals surface area contributed by atoms with E-state index in [0.717, 1.165) is 11.1 Å². The molecule has 1 atom stereocenters. The lowest BCUT2D eigenvalue weighted by Gasteiger charge is -2.41. The number of guanidine groups is 1. The van der Waals surface area contributed by atoms with Crippen LogP contribution in [0.3, 0.4) is 0 Å². The van der Waals surface area contributed by atoms with E-state index in [9.17, 15) is 4.79 Å². The Morgan fingerprint density at radius 3 is 2.63 bits per heavy atom. The molecule has 2 N–H and O–H groups in total. The van der Waals surface area contributed by atoms with Crippen LogP contribution in [0.1, 0.15) is 25.8 Å². The molecule has 2 heterocycles. The minimum Gasteiger partial charge on any atom is -0.487 e. The topological polar surface area (TPSA) is 67.9 Å². The van der Waals surface area contributed by atoms with Crippen LogP contribution in [0.2, 0.25) is 10.0 Å². The Hall–Kier alpha value is -2.24. The molecule has 1 amide bonds. The standard InChI is InChI=1S/C20H19Cl2N3O2/c1-19(2)10-20(17(26)25(3)18(23)24-20)13-9-11(7-8-15(13)27-19)12-5-4-6-14(21)16(12)22/h4-9H,10H2,1-3H3,(H2,23,24). The molecule has 1 unspecified atom stereocenters. The number of nitrogens with two attached hydrogens (primary N) is 1. The maximum absolute atomic E-state index is 13.1. The fourth-order valence-corrected chi connectivity index (χ4v) is 4.28. The zero-order valence-corrected chi connectivity index (χ0v) is 16.7. The number of carbonyl (C=O) groups excluding carboxylic acids is 1. The molecule has 4 rings (SSSR count). The molecule has 2 aliphatic rings. The van der Waals surface area contributed by atoms with E-state index in [2.05, 4.69) is 4.99 Å². The van der Waals surface area contributed by atoms with E-state index >= 15 is 0 Å². The number of hydrogen-bond acceptors (Lipinski definition) is 4. The second kappa shape index (κ2) is 5.88. The number of benzene rings is 2. The lowest BCUT2D eigenvalue weighted by molar-refractivity contribution is -0.133. The summed E-state index contributed by atoms with van der Waals surface area (Å²) in [5.74, 6) is 0.662. The predicted molar refractivity (Wildman–Crippen MR) is 107 cm³/mol. The maximum Gasteiger partial charge on any atom is 0.261 e. The first-order valence-corrected chi connectivity index (χ1v) is 9.32. The van der Waals surface area contributed by atoms with E-state index in [1.807, 2.05) is 44.2 Å². The third-order valence-corrected chi connectivity index (χ3v) is 5.88. The van der Waals surface area contributed by atoms with E-state index in [0.29, 0.717) is 27.8 Å². The Morgan fingerprint density at radius 2 is 1.96 bits per heavy atom. The Kier molecular flexibility index (Phi) is 3.95. The molecule has 0 aromatic heterocycles. The van der Waals surface area contributed by atoms with Crippen LogP contribution in [-0.2, 0) is 10.3 Å². The molecule has 2 aromatic carbocycles. The van der Waals surface area contributed by atoms with Gasteiger partial charge in [0.2, 0.25) is 0 Å². The summed E-state index contributed by atoms with van der Waals surface area (Å²) in [6.07, 6.45) is 0.392. The van der Waals surface area contributed by atoms with Crippen LogP contribution in [0, 0.1) is 0 Å². The summed E-state index contributed by atoms with van der Waals surface area (Å²) in [4.78, 5) is 19.1. The Balaban J connectivity index is 1.95. The van der Waals surface area contributed by atoms with Gasteiger partial charge in [0.1, 0.15) is 11.4 Å². The number of likely N-dealkylation sites (N-methyl/N-ethyl adjacent to an activating group) is 1. The number of amides is 1. The van der Waals surface area contributed by atoms with Crippen molar-refractivity contribution in [1.82, 2.24) is 4.90 Å². The lowest BCUT2D eigenvalue weighted by Crippen LogP contribution is -2.49. The molecule has 0 bridgehead atoms. The number of carbonyl (C=O) groups is 1. The highest BCUT2D eigenvalue weighted by Gasteiger charge is 2.55. The van der Waals surface area contributed by atoms with Gasteiger partial charge in [-0.1, -0.05) is 41.4 Å². The zero-order chi connectivity index (χ0) is 19.6. The molecule has 7 heteroatoms. The number of halogens is 2. The van der Waals surface area contributed by atoms with E-state index < -0.39 is 11.1 Å². The second-order valence-electron chi connectivity index (χ2n) is 7.55. The van der Waals surface area contributed by atoms with Crippen LogP contribution < -0.4 is 10.5 Å². The van der Waals surface area contributed by atoms with Gasteiger partial charge < -0.3 is 10.5 Å². The quantitative estimate of drug-likeness (QED) is 0.775. The van der Waals surface area contributed by atoms with Gasteiger partial charge in [0.25, 0.3) is 5.91 Å². The van der Waals surface area contributed by atoms with Crippen LogP contribution in [0.4, 0.5) is 0 Å². The molecule has 0 fully saturated rings. The van der Waals surface area contributed by atoms with Gasteiger partial charge in [-0.2, -0.15) is 0 Å². The number of hydrogen-bond donors (Lipinski definition) is 1. The van der Waals surface area contributed by atoms with Gasteiger partial charge in [0, 0.05) is 24.6 Å². The maximum atomic E-state index is 13.1. The number of ether oxygens (including phenoxy) is 1. The smallest absolute Gasteiger partial charge is 0.261 e. The summed E-state index contributed by atoms with van der Waals surface area (Å²) in [7, 11) is 1.63. The van der Waals surface area contributed by atoms with E-state index in [1.54, 1.807) is 13.1 Å². The third-order valence-electron chi connectivity index (χ3n) is 5.06. The summed E-state index contributed by atoms with van der Waals surface area (Å²) in [5, 5.41) is 0.932. The molecule has 1 spiro atoms. The average Bonchev–Trinajstić information content (AvgIpc) is 2.81. The number of nitrogens with zero attached hydrogens (tertiary/aromatic N) is 2. The summed E-state index contributed by atoms with van der Waals surface area (Å²) < 4.78 is 6.13. The summed E-state index contributed by atoms with van der Waals surface area (Å²) in [6.45, 7) is 3.88. The number of fused-ring (bicyclic) bond motifs is 2. The van der Waals surface area contributed by atoms with E-state index in [1.165, 1.54) is 4.90 Å². The summed E-state index contributed by atoms with van der Waals surface area (Å²) >= 11 is 12.6. The zero-order valence-electron chi connectivity index (χ0n) is 15.2. The van der Waals surface area contributed by atoms with Crippen molar-refractivity contribution in [3.8, 4) is 16.9 Å². The first-order chi connectivity index (χ1) is 12.6. The normalized spacial score (nSPS) is 23.2. The first kappa shape index (κ1) is 18.1. The molecule has 2 aliphatic heterocycles. The highest BCUT2D eigenvalue weighted by Crippen LogP contribution is 2.50. The van der Waals surface area contributed by atoms with Crippen molar-refractivity contribution < 1.29 is 9.53 Å². The number of aliphatic imine (C=N–C) groups is 1. The Labute approximate surface area is 167 Å². The van der Waals surface area contributed by atoms with Gasteiger partial charge in [-0.05, 0) is 37.6 Å². The summed E-state index contributed by atoms with van der Waals surface area (Å²) in [5.41, 5.74) is 6.63. The molecule has 5 nitrogen and oxygen atoms in total. The van der Waals surface area contributed by atoms with Crippen LogP contribution in [0.25, 0.3) is 11.1 Å². The monoisotopic (exact) mass is 403 g/mol. The molecular weight excluding hydrogens is 385 g/mol. The predicted octanol–water partition coefficient (Wildman–Crippen LogP) is 4.20. The average molecular weight is 404 g/mol. The van der Waals surface area contributed by atoms with Gasteiger partial charge in [-0.15, -0.1) is 0 Å². The fraction of sp³-hybridized carbons (Fsp3) is 0.300. The molecule has 2 aromatic rings. The molecule has 140 valence electrons. The van der Waals surface area contributed by atoms with Crippen molar-refractivity contribution in [2.24, 2.45) is 10.7 Å². The van der Waals surface area contributed by atoms with Crippen molar-refractivity contribution in [1.29, 1.82) is 0 Å². The van der Waals surface area contributed by atoms with Crippen LogP contribution in [-0.4, -0.2) is 29.4 Å². The largest absolute Gasteiger partial charge is 0.487 e. The second-order valence-corrected chi connectivity index (χ2v) is 8.33. The van der Waals surface area contributed by atoms with Crippen LogP contribution in [0.15, 0.2) is 41.4 Å². The van der Waals surface area contributed by atoms with Crippen molar-refractivity contribution in [3.05, 3.63) is 52.0 Å². The van der Waals surface area contributed by atoms with E-state index in [4.69, 9.17) is 33.7 Å². The Bertz CT molecular complexity index is 1000. The highest BCUT2D eigenvalue weighted by molar-refractivity contribution is 6.43. The minimum absolute atomic E-state index is 0.160. The molecule has 0 radical (unpaired) electrons. The Morgan fingerprint density at radius 1 is 1.22 bits per heavy atom. The van der Waals surface area contributed by atoms with Gasteiger partial charge in [-0.25, -0.2) is 4.99 Å². The molecule has 27 heavy (non-hydrogen) atoms. The van der Waals surface area contributed by atoms with Crippen molar-refractivity contribution in [3.63, 3.8) is 0 Å². The molecule has 0 saturated carbocycles. The molecule has 0 saturated heterocycles. The van der Waals surface area contributed by atoms with Crippen LogP contribution in [0.5, 0.6) is 5.75 Å². The highest BCUT2D eigenvalue weighted by atomic mass is 35.5.